The first-order valence-electron chi connectivity index (χ1n) is 14.2. The SMILES string of the molecule is C1COC2(C1)CC2.COc1ccc2c(Oc3ccc(NC(=O)c4c(C)n(C)n(-c5ccccc5)c4=O)nc3)ccnc2c1. The monoisotopic (exact) mass is 579 g/mol. The first-order valence-corrected chi connectivity index (χ1v) is 14.2. The zero-order valence-corrected chi connectivity index (χ0v) is 24.4. The molecule has 1 saturated heterocycles. The third-order valence-corrected chi connectivity index (χ3v) is 7.89. The van der Waals surface area contributed by atoms with Crippen molar-refractivity contribution < 1.29 is 19.0 Å². The fourth-order valence-electron chi connectivity index (χ4n) is 5.26. The van der Waals surface area contributed by atoms with E-state index >= 15 is 0 Å². The van der Waals surface area contributed by atoms with Gasteiger partial charge in [-0.25, -0.2) is 9.67 Å². The van der Waals surface area contributed by atoms with Gasteiger partial charge in [0.1, 0.15) is 28.6 Å². The van der Waals surface area contributed by atoms with Crippen molar-refractivity contribution in [3.63, 3.8) is 0 Å². The van der Waals surface area contributed by atoms with Gasteiger partial charge in [0.2, 0.25) is 0 Å². The molecule has 1 aliphatic carbocycles. The zero-order chi connectivity index (χ0) is 30.0. The van der Waals surface area contributed by atoms with Gasteiger partial charge in [-0.05, 0) is 75.1 Å². The molecule has 1 aliphatic heterocycles. The van der Waals surface area contributed by atoms with Gasteiger partial charge in [0, 0.05) is 31.3 Å². The highest BCUT2D eigenvalue weighted by Gasteiger charge is 2.46. The molecule has 1 amide bonds. The number of methoxy groups -OCH3 is 1. The van der Waals surface area contributed by atoms with E-state index in [0.29, 0.717) is 40.0 Å². The number of ether oxygens (including phenoxy) is 3. The van der Waals surface area contributed by atoms with Gasteiger partial charge < -0.3 is 19.5 Å². The standard InChI is InChI=1S/C27H23N5O4.C6H10O/c1-17-25(27(34)32(31(17)2)18-7-5-4-6-8-18)26(33)30-24-12-10-20(16-29-24)36-23-13-14-28-22-15-19(35-3)9-11-21(22)23;1-2-6(3-4-6)7-5-1/h4-16H,1-3H3,(H,29,30,33);1-5H2. The van der Waals surface area contributed by atoms with Crippen molar-refractivity contribution in [3.8, 4) is 22.9 Å². The number of nitrogens with one attached hydrogen (secondary N) is 1. The summed E-state index contributed by atoms with van der Waals surface area (Å²) in [6.07, 6.45) is 8.49. The third-order valence-electron chi connectivity index (χ3n) is 7.89. The zero-order valence-electron chi connectivity index (χ0n) is 24.4. The predicted molar refractivity (Wildman–Crippen MR) is 163 cm³/mol. The van der Waals surface area contributed by atoms with Gasteiger partial charge in [-0.1, -0.05) is 18.2 Å². The second-order valence-corrected chi connectivity index (χ2v) is 10.7. The molecule has 1 spiro atoms. The van der Waals surface area contributed by atoms with Crippen LogP contribution in [0.15, 0.2) is 83.9 Å². The van der Waals surface area contributed by atoms with Crippen LogP contribution in [0, 0.1) is 6.92 Å². The Hall–Kier alpha value is -4.96. The molecular formula is C33H33N5O5. The largest absolute Gasteiger partial charge is 0.497 e. The number of carbonyl (C=O) groups is 1. The highest BCUT2D eigenvalue weighted by Crippen LogP contribution is 2.47. The molecule has 1 N–H and O–H groups in total. The highest BCUT2D eigenvalue weighted by molar-refractivity contribution is 6.04. The van der Waals surface area contributed by atoms with Crippen molar-refractivity contribution in [1.29, 1.82) is 0 Å². The number of anilines is 1. The number of para-hydroxylation sites is 1. The number of nitrogens with zero attached hydrogens (tertiary/aromatic N) is 4. The second-order valence-electron chi connectivity index (χ2n) is 10.7. The molecule has 2 aromatic carbocycles. The minimum atomic E-state index is -0.530. The molecule has 0 unspecified atom stereocenters. The van der Waals surface area contributed by atoms with Crippen LogP contribution in [0.5, 0.6) is 17.2 Å². The summed E-state index contributed by atoms with van der Waals surface area (Å²) in [6, 6.07) is 19.8. The quantitative estimate of drug-likeness (QED) is 0.270. The van der Waals surface area contributed by atoms with Gasteiger partial charge in [0.25, 0.3) is 11.5 Å². The molecule has 10 heteroatoms. The summed E-state index contributed by atoms with van der Waals surface area (Å²) in [7, 11) is 3.34. The lowest BCUT2D eigenvalue weighted by Crippen LogP contribution is -2.25. The number of hydrogen-bond donors (Lipinski definition) is 1. The van der Waals surface area contributed by atoms with Crippen LogP contribution >= 0.6 is 0 Å². The van der Waals surface area contributed by atoms with E-state index in [9.17, 15) is 9.59 Å². The lowest BCUT2D eigenvalue weighted by molar-refractivity contribution is 0.0908. The van der Waals surface area contributed by atoms with E-state index in [1.54, 1.807) is 50.2 Å². The van der Waals surface area contributed by atoms with Gasteiger partial charge in [-0.15, -0.1) is 0 Å². The minimum Gasteiger partial charge on any atom is -0.497 e. The molecular weight excluding hydrogens is 546 g/mol. The van der Waals surface area contributed by atoms with Crippen molar-refractivity contribution in [3.05, 3.63) is 101 Å². The number of benzene rings is 2. The smallest absolute Gasteiger partial charge is 0.284 e. The van der Waals surface area contributed by atoms with E-state index in [-0.39, 0.29) is 5.56 Å². The summed E-state index contributed by atoms with van der Waals surface area (Å²) in [5.41, 5.74) is 2.06. The number of aromatic nitrogens is 4. The van der Waals surface area contributed by atoms with Gasteiger partial charge in [0.05, 0.1) is 35.8 Å². The molecule has 2 fully saturated rings. The normalized spacial score (nSPS) is 14.7. The topological polar surface area (TPSA) is 110 Å². The Morgan fingerprint density at radius 1 is 1.00 bits per heavy atom. The maximum atomic E-state index is 13.1. The lowest BCUT2D eigenvalue weighted by atomic mass is 10.2. The second kappa shape index (κ2) is 11.7. The molecule has 4 heterocycles. The molecule has 7 rings (SSSR count). The molecule has 5 aromatic rings. The van der Waals surface area contributed by atoms with Crippen LogP contribution in [0.1, 0.15) is 41.7 Å². The van der Waals surface area contributed by atoms with Gasteiger partial charge in [-0.3, -0.25) is 19.3 Å². The Balaban J connectivity index is 0.000000407. The fourth-order valence-corrected chi connectivity index (χ4v) is 5.26. The van der Waals surface area contributed by atoms with Crippen molar-refractivity contribution in [2.75, 3.05) is 19.0 Å². The number of hydrogen-bond acceptors (Lipinski definition) is 7. The van der Waals surface area contributed by atoms with Crippen LogP contribution in [0.4, 0.5) is 5.82 Å². The van der Waals surface area contributed by atoms with Crippen molar-refractivity contribution >= 4 is 22.6 Å². The molecule has 1 saturated carbocycles. The van der Waals surface area contributed by atoms with Gasteiger partial charge >= 0.3 is 0 Å². The maximum Gasteiger partial charge on any atom is 0.284 e. The number of carbonyl (C=O) groups excluding carboxylic acids is 1. The summed E-state index contributed by atoms with van der Waals surface area (Å²) in [5.74, 6) is 1.57. The Bertz CT molecular complexity index is 1820. The van der Waals surface area contributed by atoms with Crippen LogP contribution in [0.3, 0.4) is 0 Å². The molecule has 0 atom stereocenters. The molecule has 43 heavy (non-hydrogen) atoms. The van der Waals surface area contributed by atoms with Crippen LogP contribution in [0.25, 0.3) is 16.6 Å². The average Bonchev–Trinajstić information content (AvgIpc) is 3.56. The minimum absolute atomic E-state index is 0.0576. The van der Waals surface area contributed by atoms with Crippen molar-refractivity contribution in [2.24, 2.45) is 7.05 Å². The van der Waals surface area contributed by atoms with Crippen LogP contribution in [-0.2, 0) is 11.8 Å². The van der Waals surface area contributed by atoms with Crippen LogP contribution in [0.2, 0.25) is 0 Å². The van der Waals surface area contributed by atoms with E-state index in [0.717, 1.165) is 17.5 Å². The molecule has 0 radical (unpaired) electrons. The van der Waals surface area contributed by atoms with E-state index in [1.807, 2.05) is 48.5 Å². The van der Waals surface area contributed by atoms with E-state index < -0.39 is 11.5 Å². The predicted octanol–water partition coefficient (Wildman–Crippen LogP) is 5.81. The molecule has 220 valence electrons. The van der Waals surface area contributed by atoms with Crippen LogP contribution < -0.4 is 20.3 Å². The number of fused-ring (bicyclic) bond motifs is 1. The fraction of sp³-hybridized carbons (Fsp3) is 0.273. The Kier molecular flexibility index (Phi) is 7.69. The number of pyridine rings is 2. The first-order chi connectivity index (χ1) is 20.9. The summed E-state index contributed by atoms with van der Waals surface area (Å²) in [4.78, 5) is 34.7. The van der Waals surface area contributed by atoms with E-state index in [2.05, 4.69) is 15.3 Å². The number of rotatable bonds is 6. The van der Waals surface area contributed by atoms with E-state index in [1.165, 1.54) is 36.6 Å². The Labute approximate surface area is 248 Å². The van der Waals surface area contributed by atoms with Crippen LogP contribution in [-0.4, -0.2) is 44.6 Å². The molecule has 0 bridgehead atoms. The Morgan fingerprint density at radius 2 is 1.79 bits per heavy atom. The summed E-state index contributed by atoms with van der Waals surface area (Å²) in [5, 5.41) is 3.53. The van der Waals surface area contributed by atoms with Crippen molar-refractivity contribution in [2.45, 2.75) is 38.2 Å². The van der Waals surface area contributed by atoms with Gasteiger partial charge in [0.15, 0.2) is 0 Å². The summed E-state index contributed by atoms with van der Waals surface area (Å²) in [6.45, 7) is 2.76. The van der Waals surface area contributed by atoms with E-state index in [4.69, 9.17) is 14.2 Å². The molecule has 2 aliphatic rings. The third kappa shape index (κ3) is 5.87. The maximum absolute atomic E-state index is 13.1. The summed E-state index contributed by atoms with van der Waals surface area (Å²) < 4.78 is 19.8. The lowest BCUT2D eigenvalue weighted by Gasteiger charge is -2.10. The van der Waals surface area contributed by atoms with Gasteiger partial charge in [-0.2, -0.15) is 0 Å². The highest BCUT2D eigenvalue weighted by atomic mass is 16.5. The van der Waals surface area contributed by atoms with Crippen molar-refractivity contribution in [1.82, 2.24) is 19.3 Å². The summed E-state index contributed by atoms with van der Waals surface area (Å²) >= 11 is 0. The molecule has 3 aromatic heterocycles. The number of amides is 1. The Morgan fingerprint density at radius 3 is 2.44 bits per heavy atom. The average molecular weight is 580 g/mol. The molecule has 10 nitrogen and oxygen atoms in total. The first kappa shape index (κ1) is 28.2.